The van der Waals surface area contributed by atoms with Crippen molar-refractivity contribution in [2.75, 3.05) is 0 Å². The SMILES string of the molecule is CC(NC(=O)C(C)n1cccc1)c1ccc2c(c1)CCCC2. The van der Waals surface area contributed by atoms with Gasteiger partial charge in [-0.3, -0.25) is 4.79 Å². The third kappa shape index (κ3) is 3.08. The number of hydrogen-bond donors (Lipinski definition) is 1. The fourth-order valence-corrected chi connectivity index (χ4v) is 3.18. The van der Waals surface area contributed by atoms with Gasteiger partial charge in [-0.15, -0.1) is 0 Å². The van der Waals surface area contributed by atoms with Crippen molar-refractivity contribution in [1.29, 1.82) is 0 Å². The first-order chi connectivity index (χ1) is 10.6. The molecule has 2 atom stereocenters. The summed E-state index contributed by atoms with van der Waals surface area (Å²) in [5, 5.41) is 3.13. The number of rotatable bonds is 4. The second-order valence-electron chi connectivity index (χ2n) is 6.27. The molecule has 0 radical (unpaired) electrons. The van der Waals surface area contributed by atoms with Crippen LogP contribution < -0.4 is 5.32 Å². The van der Waals surface area contributed by atoms with Gasteiger partial charge in [0.05, 0.1) is 6.04 Å². The average molecular weight is 296 g/mol. The quantitative estimate of drug-likeness (QED) is 0.914. The van der Waals surface area contributed by atoms with Crippen LogP contribution in [0, 0.1) is 0 Å². The number of fused-ring (bicyclic) bond motifs is 1. The van der Waals surface area contributed by atoms with E-state index in [1.165, 1.54) is 42.4 Å². The van der Waals surface area contributed by atoms with E-state index in [1.807, 2.05) is 36.0 Å². The predicted octanol–water partition coefficient (Wildman–Crippen LogP) is 3.81. The molecule has 2 unspecified atom stereocenters. The first kappa shape index (κ1) is 14.9. The zero-order valence-electron chi connectivity index (χ0n) is 13.4. The molecule has 1 aliphatic carbocycles. The Morgan fingerprint density at radius 1 is 1.09 bits per heavy atom. The highest BCUT2D eigenvalue weighted by Gasteiger charge is 2.18. The Kier molecular flexibility index (Phi) is 4.32. The van der Waals surface area contributed by atoms with Crippen molar-refractivity contribution in [2.24, 2.45) is 0 Å². The molecule has 0 spiro atoms. The fraction of sp³-hybridized carbons (Fsp3) is 0.421. The lowest BCUT2D eigenvalue weighted by Gasteiger charge is -2.22. The normalized spacial score (nSPS) is 16.6. The van der Waals surface area contributed by atoms with E-state index >= 15 is 0 Å². The van der Waals surface area contributed by atoms with Crippen LogP contribution in [-0.4, -0.2) is 10.5 Å². The van der Waals surface area contributed by atoms with Crippen molar-refractivity contribution in [3.63, 3.8) is 0 Å². The molecule has 0 aliphatic heterocycles. The van der Waals surface area contributed by atoms with E-state index in [0.717, 1.165) is 0 Å². The van der Waals surface area contributed by atoms with Crippen LogP contribution in [0.5, 0.6) is 0 Å². The van der Waals surface area contributed by atoms with Crippen molar-refractivity contribution in [1.82, 2.24) is 9.88 Å². The summed E-state index contributed by atoms with van der Waals surface area (Å²) in [7, 11) is 0. The van der Waals surface area contributed by atoms with Gasteiger partial charge in [-0.05, 0) is 68.4 Å². The van der Waals surface area contributed by atoms with Gasteiger partial charge in [-0.1, -0.05) is 18.2 Å². The number of aromatic nitrogens is 1. The maximum atomic E-state index is 12.4. The van der Waals surface area contributed by atoms with Crippen LogP contribution in [0.2, 0.25) is 0 Å². The Hall–Kier alpha value is -2.03. The highest BCUT2D eigenvalue weighted by Crippen LogP contribution is 2.25. The molecule has 0 saturated carbocycles. The Morgan fingerprint density at radius 2 is 1.77 bits per heavy atom. The fourth-order valence-electron chi connectivity index (χ4n) is 3.18. The summed E-state index contributed by atoms with van der Waals surface area (Å²) in [6, 6.07) is 10.4. The van der Waals surface area contributed by atoms with Gasteiger partial charge in [-0.25, -0.2) is 0 Å². The summed E-state index contributed by atoms with van der Waals surface area (Å²) in [6.45, 7) is 3.99. The third-order valence-electron chi connectivity index (χ3n) is 4.69. The van der Waals surface area contributed by atoms with Gasteiger partial charge >= 0.3 is 0 Å². The van der Waals surface area contributed by atoms with Crippen LogP contribution in [0.25, 0.3) is 0 Å². The molecule has 1 aliphatic rings. The molecule has 3 heteroatoms. The molecule has 1 aromatic heterocycles. The standard InChI is InChI=1S/C19H24N2O/c1-14(20-19(22)15(2)21-11-5-6-12-21)17-10-9-16-7-3-4-8-18(16)13-17/h5-6,9-15H,3-4,7-8H2,1-2H3,(H,20,22). The molecule has 0 fully saturated rings. The van der Waals surface area contributed by atoms with E-state index in [9.17, 15) is 4.79 Å². The molecule has 116 valence electrons. The number of carbonyl (C=O) groups is 1. The number of hydrogen-bond acceptors (Lipinski definition) is 1. The predicted molar refractivity (Wildman–Crippen MR) is 88.8 cm³/mol. The minimum absolute atomic E-state index is 0.0396. The molecular weight excluding hydrogens is 272 g/mol. The largest absolute Gasteiger partial charge is 0.348 e. The number of amides is 1. The van der Waals surface area contributed by atoms with E-state index in [1.54, 1.807) is 0 Å². The van der Waals surface area contributed by atoms with Crippen LogP contribution in [0.1, 0.15) is 55.5 Å². The van der Waals surface area contributed by atoms with Gasteiger partial charge in [0.25, 0.3) is 0 Å². The number of aryl methyl sites for hydroxylation is 2. The molecule has 3 rings (SSSR count). The molecular formula is C19H24N2O. The first-order valence-corrected chi connectivity index (χ1v) is 8.19. The summed E-state index contributed by atoms with van der Waals surface area (Å²) < 4.78 is 1.93. The molecule has 1 amide bonds. The van der Waals surface area contributed by atoms with Crippen molar-refractivity contribution < 1.29 is 4.79 Å². The second kappa shape index (κ2) is 6.39. The highest BCUT2D eigenvalue weighted by atomic mass is 16.2. The van der Waals surface area contributed by atoms with E-state index in [0.29, 0.717) is 0 Å². The van der Waals surface area contributed by atoms with Gasteiger partial charge < -0.3 is 9.88 Å². The van der Waals surface area contributed by atoms with Crippen LogP contribution in [0.3, 0.4) is 0 Å². The van der Waals surface area contributed by atoms with Crippen LogP contribution in [-0.2, 0) is 17.6 Å². The lowest BCUT2D eigenvalue weighted by atomic mass is 9.89. The van der Waals surface area contributed by atoms with Crippen LogP contribution >= 0.6 is 0 Å². The smallest absolute Gasteiger partial charge is 0.243 e. The first-order valence-electron chi connectivity index (χ1n) is 8.19. The lowest BCUT2D eigenvalue weighted by Crippen LogP contribution is -2.32. The number of carbonyl (C=O) groups excluding carboxylic acids is 1. The number of nitrogens with zero attached hydrogens (tertiary/aromatic N) is 1. The van der Waals surface area contributed by atoms with Gasteiger partial charge in [-0.2, -0.15) is 0 Å². The number of benzene rings is 1. The molecule has 3 nitrogen and oxygen atoms in total. The summed E-state index contributed by atoms with van der Waals surface area (Å²) in [4.78, 5) is 12.4. The highest BCUT2D eigenvalue weighted by molar-refractivity contribution is 5.80. The second-order valence-corrected chi connectivity index (χ2v) is 6.27. The van der Waals surface area contributed by atoms with Gasteiger partial charge in [0.2, 0.25) is 5.91 Å². The van der Waals surface area contributed by atoms with E-state index < -0.39 is 0 Å². The van der Waals surface area contributed by atoms with Gasteiger partial charge in [0.1, 0.15) is 6.04 Å². The molecule has 0 saturated heterocycles. The van der Waals surface area contributed by atoms with E-state index in [-0.39, 0.29) is 18.0 Å². The summed E-state index contributed by atoms with van der Waals surface area (Å²) >= 11 is 0. The maximum Gasteiger partial charge on any atom is 0.243 e. The van der Waals surface area contributed by atoms with Crippen molar-refractivity contribution in [3.8, 4) is 0 Å². The van der Waals surface area contributed by atoms with Crippen molar-refractivity contribution >= 4 is 5.91 Å². The zero-order valence-corrected chi connectivity index (χ0v) is 13.4. The maximum absolute atomic E-state index is 12.4. The molecule has 1 heterocycles. The molecule has 2 aromatic rings. The van der Waals surface area contributed by atoms with Crippen LogP contribution in [0.4, 0.5) is 0 Å². The van der Waals surface area contributed by atoms with Crippen molar-refractivity contribution in [2.45, 2.75) is 51.6 Å². The molecule has 1 aromatic carbocycles. The lowest BCUT2D eigenvalue weighted by molar-refractivity contribution is -0.124. The number of nitrogens with one attached hydrogen (secondary N) is 1. The monoisotopic (exact) mass is 296 g/mol. The minimum atomic E-state index is -0.185. The molecule has 0 bridgehead atoms. The Morgan fingerprint density at radius 3 is 2.50 bits per heavy atom. The van der Waals surface area contributed by atoms with Crippen LogP contribution in [0.15, 0.2) is 42.7 Å². The summed E-state index contributed by atoms with van der Waals surface area (Å²) in [6.07, 6.45) is 8.79. The summed E-state index contributed by atoms with van der Waals surface area (Å²) in [5.41, 5.74) is 4.14. The topological polar surface area (TPSA) is 34.0 Å². The summed E-state index contributed by atoms with van der Waals surface area (Å²) in [5.74, 6) is 0.0569. The van der Waals surface area contributed by atoms with Gasteiger partial charge in [0.15, 0.2) is 0 Å². The average Bonchev–Trinajstić information content (AvgIpc) is 3.08. The van der Waals surface area contributed by atoms with E-state index in [2.05, 4.69) is 30.4 Å². The van der Waals surface area contributed by atoms with Crippen molar-refractivity contribution in [3.05, 3.63) is 59.4 Å². The Labute approximate surface area is 132 Å². The molecule has 22 heavy (non-hydrogen) atoms. The zero-order chi connectivity index (χ0) is 15.5. The minimum Gasteiger partial charge on any atom is -0.348 e. The van der Waals surface area contributed by atoms with E-state index in [4.69, 9.17) is 0 Å². The third-order valence-corrected chi connectivity index (χ3v) is 4.69. The van der Waals surface area contributed by atoms with Gasteiger partial charge in [0, 0.05) is 12.4 Å². The Balaban J connectivity index is 1.69. The Bertz CT molecular complexity index is 645. The molecule has 1 N–H and O–H groups in total.